The summed E-state index contributed by atoms with van der Waals surface area (Å²) in [6.45, 7) is 1.77. The number of H-pyrrole nitrogens is 1. The highest BCUT2D eigenvalue weighted by atomic mass is 32.2. The third kappa shape index (κ3) is 2.79. The molecule has 0 aliphatic heterocycles. The molecule has 0 aliphatic carbocycles. The molecule has 19 heavy (non-hydrogen) atoms. The molecule has 0 unspecified atom stereocenters. The summed E-state index contributed by atoms with van der Waals surface area (Å²) in [5, 5.41) is 6.47. The molecule has 2 rings (SSSR count). The molecule has 0 amide bonds. The number of rotatable bonds is 4. The van der Waals surface area contributed by atoms with Crippen LogP contribution >= 0.6 is 0 Å². The maximum atomic E-state index is 12.1. The quantitative estimate of drug-likeness (QED) is 0.728. The van der Waals surface area contributed by atoms with Gasteiger partial charge in [0.15, 0.2) is 5.82 Å². The van der Waals surface area contributed by atoms with Crippen molar-refractivity contribution in [1.29, 1.82) is 0 Å². The highest BCUT2D eigenvalue weighted by Gasteiger charge is 2.17. The molecule has 1 heterocycles. The van der Waals surface area contributed by atoms with Crippen LogP contribution in [0.15, 0.2) is 29.2 Å². The number of aryl methyl sites for hydroxylation is 1. The Hall–Kier alpha value is -2.22. The van der Waals surface area contributed by atoms with Crippen LogP contribution in [0.25, 0.3) is 0 Å². The zero-order valence-corrected chi connectivity index (χ0v) is 11.3. The molecule has 8 heteroatoms. The summed E-state index contributed by atoms with van der Waals surface area (Å²) in [6.07, 6.45) is 0. The molecule has 0 fully saturated rings. The molecule has 4 N–H and O–H groups in total. The second-order valence-corrected chi connectivity index (χ2v) is 5.63. The zero-order valence-electron chi connectivity index (χ0n) is 10.5. The normalized spacial score (nSPS) is 11.3. The van der Waals surface area contributed by atoms with Crippen LogP contribution in [0.1, 0.15) is 5.69 Å². The van der Waals surface area contributed by atoms with E-state index < -0.39 is 10.0 Å². The van der Waals surface area contributed by atoms with E-state index in [4.69, 9.17) is 10.5 Å². The summed E-state index contributed by atoms with van der Waals surface area (Å²) in [6, 6.07) is 5.83. The highest BCUT2D eigenvalue weighted by molar-refractivity contribution is 7.92. The molecule has 102 valence electrons. The lowest BCUT2D eigenvalue weighted by Crippen LogP contribution is -2.13. The topological polar surface area (TPSA) is 110 Å². The van der Waals surface area contributed by atoms with Crippen molar-refractivity contribution in [1.82, 2.24) is 10.2 Å². The SMILES string of the molecule is COc1cc(S(=O)(=O)Nc2cc(C)[nH]n2)ccc1N. The number of hydrogen-bond acceptors (Lipinski definition) is 5. The summed E-state index contributed by atoms with van der Waals surface area (Å²) in [5.41, 5.74) is 6.77. The minimum atomic E-state index is -3.72. The van der Waals surface area contributed by atoms with Crippen molar-refractivity contribution in [3.05, 3.63) is 30.0 Å². The van der Waals surface area contributed by atoms with Crippen LogP contribution in [0.3, 0.4) is 0 Å². The Labute approximate surface area is 110 Å². The van der Waals surface area contributed by atoms with Gasteiger partial charge >= 0.3 is 0 Å². The van der Waals surface area contributed by atoms with Crippen LogP contribution in [0.2, 0.25) is 0 Å². The van der Waals surface area contributed by atoms with Crippen molar-refractivity contribution in [2.75, 3.05) is 17.6 Å². The number of sulfonamides is 1. The van der Waals surface area contributed by atoms with E-state index in [0.29, 0.717) is 11.4 Å². The lowest BCUT2D eigenvalue weighted by atomic mass is 10.3. The molecule has 2 aromatic rings. The zero-order chi connectivity index (χ0) is 14.0. The Balaban J connectivity index is 2.34. The number of ether oxygens (including phenoxy) is 1. The summed E-state index contributed by atoms with van der Waals surface area (Å²) in [7, 11) is -2.29. The van der Waals surface area contributed by atoms with Crippen LogP contribution in [0.4, 0.5) is 11.5 Å². The number of nitrogen functional groups attached to an aromatic ring is 1. The number of benzene rings is 1. The molecule has 0 saturated heterocycles. The molecule has 0 spiro atoms. The standard InChI is InChI=1S/C11H14N4O3S/c1-7-5-11(14-13-7)15-19(16,17)8-3-4-9(12)10(6-8)18-2/h3-6H,12H2,1-2H3,(H2,13,14,15). The molecule has 0 saturated carbocycles. The number of nitrogens with zero attached hydrogens (tertiary/aromatic N) is 1. The van der Waals surface area contributed by atoms with E-state index in [1.807, 2.05) is 0 Å². The first-order chi connectivity index (χ1) is 8.92. The summed E-state index contributed by atoms with van der Waals surface area (Å²) >= 11 is 0. The van der Waals surface area contributed by atoms with E-state index in [1.165, 1.54) is 25.3 Å². The Morgan fingerprint density at radius 3 is 2.68 bits per heavy atom. The van der Waals surface area contributed by atoms with Crippen molar-refractivity contribution in [2.45, 2.75) is 11.8 Å². The average molecular weight is 282 g/mol. The highest BCUT2D eigenvalue weighted by Crippen LogP contribution is 2.25. The molecule has 1 aromatic carbocycles. The molecular weight excluding hydrogens is 268 g/mol. The maximum Gasteiger partial charge on any atom is 0.263 e. The van der Waals surface area contributed by atoms with Crippen LogP contribution in [0, 0.1) is 6.92 Å². The number of methoxy groups -OCH3 is 1. The predicted octanol–water partition coefficient (Wildman–Crippen LogP) is 1.11. The first kappa shape index (κ1) is 13.2. The Bertz CT molecular complexity index is 694. The van der Waals surface area contributed by atoms with Crippen LogP contribution < -0.4 is 15.2 Å². The van der Waals surface area contributed by atoms with Gasteiger partial charge in [0.1, 0.15) is 5.75 Å². The summed E-state index contributed by atoms with van der Waals surface area (Å²) in [5.74, 6) is 0.536. The fourth-order valence-electron chi connectivity index (χ4n) is 1.53. The monoisotopic (exact) mass is 282 g/mol. The fraction of sp³-hybridized carbons (Fsp3) is 0.182. The van der Waals surface area contributed by atoms with Crippen molar-refractivity contribution in [3.8, 4) is 5.75 Å². The number of nitrogens with two attached hydrogens (primary N) is 1. The molecule has 7 nitrogen and oxygen atoms in total. The number of hydrogen-bond donors (Lipinski definition) is 3. The molecule has 0 atom stereocenters. The Morgan fingerprint density at radius 1 is 1.37 bits per heavy atom. The largest absolute Gasteiger partial charge is 0.495 e. The van der Waals surface area contributed by atoms with E-state index in [2.05, 4.69) is 14.9 Å². The Morgan fingerprint density at radius 2 is 2.11 bits per heavy atom. The van der Waals surface area contributed by atoms with Gasteiger partial charge in [-0.1, -0.05) is 0 Å². The maximum absolute atomic E-state index is 12.1. The van der Waals surface area contributed by atoms with Gasteiger partial charge in [-0.25, -0.2) is 8.42 Å². The second-order valence-electron chi connectivity index (χ2n) is 3.95. The van der Waals surface area contributed by atoms with Gasteiger partial charge in [0, 0.05) is 17.8 Å². The van der Waals surface area contributed by atoms with Crippen LogP contribution in [-0.4, -0.2) is 25.7 Å². The van der Waals surface area contributed by atoms with Crippen LogP contribution in [-0.2, 0) is 10.0 Å². The van der Waals surface area contributed by atoms with Gasteiger partial charge in [-0.2, -0.15) is 5.10 Å². The van der Waals surface area contributed by atoms with Gasteiger partial charge in [0.05, 0.1) is 17.7 Å². The van der Waals surface area contributed by atoms with Gasteiger partial charge in [0.2, 0.25) is 0 Å². The average Bonchev–Trinajstić information content (AvgIpc) is 2.74. The minimum absolute atomic E-state index is 0.0548. The minimum Gasteiger partial charge on any atom is -0.495 e. The molecule has 0 radical (unpaired) electrons. The third-order valence-electron chi connectivity index (χ3n) is 2.46. The van der Waals surface area contributed by atoms with E-state index in [-0.39, 0.29) is 10.7 Å². The molecule has 0 aliphatic rings. The third-order valence-corrected chi connectivity index (χ3v) is 3.81. The first-order valence-electron chi connectivity index (χ1n) is 5.41. The summed E-state index contributed by atoms with van der Waals surface area (Å²) < 4.78 is 31.6. The van der Waals surface area contributed by atoms with E-state index in [0.717, 1.165) is 5.69 Å². The number of aromatic amines is 1. The van der Waals surface area contributed by atoms with E-state index >= 15 is 0 Å². The van der Waals surface area contributed by atoms with Gasteiger partial charge in [-0.15, -0.1) is 0 Å². The Kier molecular flexibility index (Phi) is 3.34. The van der Waals surface area contributed by atoms with Crippen LogP contribution in [0.5, 0.6) is 5.75 Å². The summed E-state index contributed by atoms with van der Waals surface area (Å²) in [4.78, 5) is 0.0548. The van der Waals surface area contributed by atoms with E-state index in [9.17, 15) is 8.42 Å². The lowest BCUT2D eigenvalue weighted by molar-refractivity contribution is 0.415. The van der Waals surface area contributed by atoms with E-state index in [1.54, 1.807) is 13.0 Å². The fourth-order valence-corrected chi connectivity index (χ4v) is 2.53. The number of aromatic nitrogens is 2. The molecule has 1 aromatic heterocycles. The van der Waals surface area contributed by atoms with Gasteiger partial charge < -0.3 is 10.5 Å². The van der Waals surface area contributed by atoms with Crippen molar-refractivity contribution in [3.63, 3.8) is 0 Å². The smallest absolute Gasteiger partial charge is 0.263 e. The predicted molar refractivity (Wildman–Crippen MR) is 71.5 cm³/mol. The van der Waals surface area contributed by atoms with Crippen molar-refractivity contribution >= 4 is 21.5 Å². The van der Waals surface area contributed by atoms with Crippen molar-refractivity contribution < 1.29 is 13.2 Å². The number of anilines is 2. The van der Waals surface area contributed by atoms with Gasteiger partial charge in [0.25, 0.3) is 10.0 Å². The van der Waals surface area contributed by atoms with Gasteiger partial charge in [-0.3, -0.25) is 9.82 Å². The number of nitrogens with one attached hydrogen (secondary N) is 2. The first-order valence-corrected chi connectivity index (χ1v) is 6.89. The lowest BCUT2D eigenvalue weighted by Gasteiger charge is -2.08. The molecular formula is C11H14N4O3S. The van der Waals surface area contributed by atoms with Crippen molar-refractivity contribution in [2.24, 2.45) is 0 Å². The van der Waals surface area contributed by atoms with Gasteiger partial charge in [-0.05, 0) is 19.1 Å². The molecule has 0 bridgehead atoms. The second kappa shape index (κ2) is 4.81.